The van der Waals surface area contributed by atoms with Crippen LogP contribution in [0.5, 0.6) is 0 Å². The Morgan fingerprint density at radius 3 is 1.27 bits per heavy atom. The predicted molar refractivity (Wildman–Crippen MR) is 58.5 cm³/mol. The summed E-state index contributed by atoms with van der Waals surface area (Å²) in [7, 11) is 0. The molecule has 0 bridgehead atoms. The van der Waals surface area contributed by atoms with Crippen molar-refractivity contribution in [3.8, 4) is 0 Å². The van der Waals surface area contributed by atoms with Crippen LogP contribution in [0.25, 0.3) is 10.8 Å². The van der Waals surface area contributed by atoms with E-state index < -0.39 is 11.4 Å². The summed E-state index contributed by atoms with van der Waals surface area (Å²) in [6, 6.07) is 16.7. The molecule has 15 heavy (non-hydrogen) atoms. The van der Waals surface area contributed by atoms with Crippen molar-refractivity contribution in [1.82, 2.24) is 0 Å². The Balaban J connectivity index is 0. The molecule has 0 atom stereocenters. The first-order valence-electron chi connectivity index (χ1n) is 3.94. The standard InChI is InChI=1S/C10H8.Na.H2O3S.H/c1-2-6-10-8-4-3-7-9(10)5-1;;1-4(2)3;/h1-8H;;(H2,1,2,3);/q;+1;;-1. The predicted octanol–water partition coefficient (Wildman–Crippen LogP) is -0.363. The minimum Gasteiger partial charge on any atom is -1.00 e. The van der Waals surface area contributed by atoms with Crippen LogP contribution in [0.15, 0.2) is 48.5 Å². The molecule has 0 saturated carbocycles. The Bertz CT molecular complexity index is 370. The molecule has 76 valence electrons. The Kier molecular flexibility index (Phi) is 7.86. The van der Waals surface area contributed by atoms with Crippen LogP contribution in [0.4, 0.5) is 0 Å². The van der Waals surface area contributed by atoms with Crippen molar-refractivity contribution in [1.29, 1.82) is 0 Å². The SMILES string of the molecule is O=S(O)O.[H-].[Na+].c1ccc2ccccc2c1. The topological polar surface area (TPSA) is 57.5 Å². The van der Waals surface area contributed by atoms with Crippen LogP contribution in [0, 0.1) is 0 Å². The van der Waals surface area contributed by atoms with Crippen LogP contribution < -0.4 is 29.6 Å². The zero-order valence-electron chi connectivity index (χ0n) is 9.33. The van der Waals surface area contributed by atoms with Crippen LogP contribution >= 0.6 is 0 Å². The van der Waals surface area contributed by atoms with Crippen LogP contribution in [0.3, 0.4) is 0 Å². The van der Waals surface area contributed by atoms with Gasteiger partial charge in [-0.05, 0) is 10.8 Å². The van der Waals surface area contributed by atoms with E-state index in [0.717, 1.165) is 0 Å². The smallest absolute Gasteiger partial charge is 1.00 e. The Hall–Kier alpha value is -0.230. The van der Waals surface area contributed by atoms with Gasteiger partial charge in [0, 0.05) is 0 Å². The second-order valence-electron chi connectivity index (χ2n) is 2.58. The van der Waals surface area contributed by atoms with Crippen molar-refractivity contribution < 1.29 is 44.3 Å². The van der Waals surface area contributed by atoms with E-state index in [9.17, 15) is 0 Å². The zero-order chi connectivity index (χ0) is 10.4. The fourth-order valence-electron chi connectivity index (χ4n) is 1.13. The van der Waals surface area contributed by atoms with E-state index >= 15 is 0 Å². The van der Waals surface area contributed by atoms with Gasteiger partial charge in [0.15, 0.2) is 0 Å². The van der Waals surface area contributed by atoms with Gasteiger partial charge >= 0.3 is 29.6 Å². The molecule has 0 unspecified atom stereocenters. The molecule has 0 aliphatic heterocycles. The number of fused-ring (bicyclic) bond motifs is 1. The van der Waals surface area contributed by atoms with E-state index in [0.29, 0.717) is 0 Å². The van der Waals surface area contributed by atoms with E-state index in [1.165, 1.54) is 10.8 Å². The van der Waals surface area contributed by atoms with Gasteiger partial charge in [0.05, 0.1) is 0 Å². The van der Waals surface area contributed by atoms with Crippen molar-refractivity contribution in [3.63, 3.8) is 0 Å². The summed E-state index contributed by atoms with van der Waals surface area (Å²) in [4.78, 5) is 0. The Labute approximate surface area is 114 Å². The second-order valence-corrected chi connectivity index (χ2v) is 3.04. The van der Waals surface area contributed by atoms with Gasteiger partial charge in [0.25, 0.3) is 11.4 Å². The van der Waals surface area contributed by atoms with Gasteiger partial charge < -0.3 is 1.43 Å². The molecule has 0 aliphatic rings. The maximum absolute atomic E-state index is 8.67. The largest absolute Gasteiger partial charge is 1.00 e. The quantitative estimate of drug-likeness (QED) is 0.483. The van der Waals surface area contributed by atoms with E-state index in [1.807, 2.05) is 0 Å². The summed E-state index contributed by atoms with van der Waals surface area (Å²) >= 11 is -2.61. The van der Waals surface area contributed by atoms with Crippen molar-refractivity contribution in [2.45, 2.75) is 0 Å². The molecule has 2 rings (SSSR count). The fourth-order valence-corrected chi connectivity index (χ4v) is 1.13. The molecule has 2 N–H and O–H groups in total. The molecule has 2 aromatic carbocycles. The third-order valence-corrected chi connectivity index (χ3v) is 1.66. The molecule has 0 saturated heterocycles. The van der Waals surface area contributed by atoms with Crippen LogP contribution in [-0.2, 0) is 11.4 Å². The van der Waals surface area contributed by atoms with Gasteiger partial charge in [-0.3, -0.25) is 9.11 Å². The Morgan fingerprint density at radius 2 is 1.07 bits per heavy atom. The molecule has 3 nitrogen and oxygen atoms in total. The first kappa shape index (κ1) is 14.8. The summed E-state index contributed by atoms with van der Waals surface area (Å²) < 4.78 is 22.8. The van der Waals surface area contributed by atoms with E-state index in [4.69, 9.17) is 13.3 Å². The number of hydrogen-bond acceptors (Lipinski definition) is 1. The minimum atomic E-state index is -2.61. The molecule has 0 radical (unpaired) electrons. The van der Waals surface area contributed by atoms with Crippen molar-refractivity contribution in [2.75, 3.05) is 0 Å². The summed E-state index contributed by atoms with van der Waals surface area (Å²) in [6.07, 6.45) is 0. The normalized spacial score (nSPS) is 9.00. The molecule has 0 aromatic heterocycles. The minimum absolute atomic E-state index is 0. The molecule has 2 aromatic rings. The maximum atomic E-state index is 8.67. The first-order chi connectivity index (χ1) is 6.70. The van der Waals surface area contributed by atoms with E-state index in [-0.39, 0.29) is 31.0 Å². The molecule has 0 heterocycles. The van der Waals surface area contributed by atoms with Crippen molar-refractivity contribution in [2.24, 2.45) is 0 Å². The van der Waals surface area contributed by atoms with Crippen LogP contribution in [0.1, 0.15) is 1.43 Å². The Morgan fingerprint density at radius 1 is 0.867 bits per heavy atom. The van der Waals surface area contributed by atoms with Gasteiger partial charge in [-0.25, -0.2) is 0 Å². The molecule has 0 fully saturated rings. The molecule has 0 spiro atoms. The number of benzene rings is 2. The van der Waals surface area contributed by atoms with Gasteiger partial charge in [0.1, 0.15) is 0 Å². The third-order valence-electron chi connectivity index (χ3n) is 1.66. The molecular weight excluding hydrogens is 223 g/mol. The van der Waals surface area contributed by atoms with Gasteiger partial charge in [-0.15, -0.1) is 0 Å². The van der Waals surface area contributed by atoms with Crippen LogP contribution in [0.2, 0.25) is 0 Å². The molecule has 0 aliphatic carbocycles. The maximum Gasteiger partial charge on any atom is 1.00 e. The van der Waals surface area contributed by atoms with Gasteiger partial charge in [0.2, 0.25) is 0 Å². The molecule has 0 amide bonds. The third kappa shape index (κ3) is 6.04. The summed E-state index contributed by atoms with van der Waals surface area (Å²) in [5.74, 6) is 0. The summed E-state index contributed by atoms with van der Waals surface area (Å²) in [6.45, 7) is 0. The summed E-state index contributed by atoms with van der Waals surface area (Å²) in [5.41, 5.74) is 0. The summed E-state index contributed by atoms with van der Waals surface area (Å²) in [5, 5.41) is 2.62. The van der Waals surface area contributed by atoms with Gasteiger partial charge in [-0.1, -0.05) is 48.5 Å². The zero-order valence-corrected chi connectivity index (χ0v) is 11.1. The van der Waals surface area contributed by atoms with Crippen molar-refractivity contribution >= 4 is 22.1 Å². The average Bonchev–Trinajstić information content (AvgIpc) is 2.17. The molecular formula is C10H11NaO3S. The van der Waals surface area contributed by atoms with Crippen LogP contribution in [-0.4, -0.2) is 13.3 Å². The van der Waals surface area contributed by atoms with Gasteiger partial charge in [-0.2, -0.15) is 4.21 Å². The van der Waals surface area contributed by atoms with E-state index in [2.05, 4.69) is 48.5 Å². The number of rotatable bonds is 0. The molecule has 5 heteroatoms. The van der Waals surface area contributed by atoms with Crippen molar-refractivity contribution in [3.05, 3.63) is 48.5 Å². The first-order valence-corrected chi connectivity index (χ1v) is 5.00. The number of hydrogen-bond donors (Lipinski definition) is 2. The van der Waals surface area contributed by atoms with E-state index in [1.54, 1.807) is 0 Å². The fraction of sp³-hybridized carbons (Fsp3) is 0. The average molecular weight is 234 g/mol. The monoisotopic (exact) mass is 234 g/mol. The second kappa shape index (κ2) is 7.98.